The van der Waals surface area contributed by atoms with E-state index in [1.165, 1.54) is 11.8 Å². The Morgan fingerprint density at radius 2 is 1.78 bits per heavy atom. The number of benzene rings is 2. The molecule has 1 amide bonds. The van der Waals surface area contributed by atoms with Crippen LogP contribution in [0.3, 0.4) is 0 Å². The number of anilines is 1. The molecule has 0 spiro atoms. The fourth-order valence-electron chi connectivity index (χ4n) is 3.48. The van der Waals surface area contributed by atoms with Crippen LogP contribution in [0.5, 0.6) is 0 Å². The third-order valence-corrected chi connectivity index (χ3v) is 5.39. The van der Waals surface area contributed by atoms with Gasteiger partial charge in [0.1, 0.15) is 5.56 Å². The molecule has 1 N–H and O–H groups in total. The van der Waals surface area contributed by atoms with Crippen LogP contribution in [0, 0.1) is 6.92 Å². The number of nitrogens with zero attached hydrogens (tertiary/aromatic N) is 5. The molecule has 0 bridgehead atoms. The Morgan fingerprint density at radius 3 is 2.56 bits per heavy atom. The smallest absolute Gasteiger partial charge is 0.261 e. The molecule has 5 aromatic rings. The number of aromatic nitrogens is 5. The lowest BCUT2D eigenvalue weighted by atomic mass is 10.1. The van der Waals surface area contributed by atoms with Crippen LogP contribution in [0.1, 0.15) is 21.5 Å². The summed E-state index contributed by atoms with van der Waals surface area (Å²) < 4.78 is 3.44. The van der Waals surface area contributed by atoms with Crippen molar-refractivity contribution in [1.82, 2.24) is 24.4 Å². The Morgan fingerprint density at radius 1 is 1.00 bits per heavy atom. The molecule has 8 heteroatoms. The van der Waals surface area contributed by atoms with E-state index < -0.39 is 0 Å². The minimum absolute atomic E-state index is 0.292. The van der Waals surface area contributed by atoms with Gasteiger partial charge in [-0.3, -0.25) is 9.48 Å². The molecule has 0 aliphatic carbocycles. The second kappa shape index (κ2) is 8.28. The number of fused-ring (bicyclic) bond motifs is 1. The van der Waals surface area contributed by atoms with Crippen molar-refractivity contribution < 1.29 is 4.79 Å². The molecule has 32 heavy (non-hydrogen) atoms. The van der Waals surface area contributed by atoms with Gasteiger partial charge in [-0.05, 0) is 30.7 Å². The quantitative estimate of drug-likeness (QED) is 0.422. The SMILES string of the molecule is Cc1ccc(-c2ccnc3c(C(=O)Nc4cnn(Cc5ccc(Cl)cc5)c4)cnn23)cc1. The van der Waals surface area contributed by atoms with Gasteiger partial charge in [-0.25, -0.2) is 9.50 Å². The maximum absolute atomic E-state index is 12.9. The van der Waals surface area contributed by atoms with Crippen molar-refractivity contribution in [3.8, 4) is 11.3 Å². The van der Waals surface area contributed by atoms with E-state index in [1.54, 1.807) is 27.8 Å². The highest BCUT2D eigenvalue weighted by Crippen LogP contribution is 2.22. The number of carbonyl (C=O) groups excluding carboxylic acids is 1. The van der Waals surface area contributed by atoms with Gasteiger partial charge in [0.15, 0.2) is 5.65 Å². The molecule has 158 valence electrons. The molecule has 3 heterocycles. The van der Waals surface area contributed by atoms with Crippen molar-refractivity contribution in [2.24, 2.45) is 0 Å². The number of nitrogens with one attached hydrogen (secondary N) is 1. The number of amides is 1. The normalized spacial score (nSPS) is 11.1. The third kappa shape index (κ3) is 3.98. The fourth-order valence-corrected chi connectivity index (χ4v) is 3.61. The average Bonchev–Trinajstić information content (AvgIpc) is 3.42. The molecule has 0 aliphatic rings. The van der Waals surface area contributed by atoms with E-state index in [4.69, 9.17) is 11.6 Å². The van der Waals surface area contributed by atoms with Gasteiger partial charge in [0.05, 0.1) is 30.3 Å². The van der Waals surface area contributed by atoms with Gasteiger partial charge in [0.25, 0.3) is 5.91 Å². The van der Waals surface area contributed by atoms with Gasteiger partial charge in [0.2, 0.25) is 0 Å². The number of rotatable bonds is 5. The summed E-state index contributed by atoms with van der Waals surface area (Å²) in [4.78, 5) is 17.3. The predicted molar refractivity (Wildman–Crippen MR) is 124 cm³/mol. The molecule has 2 aromatic carbocycles. The number of aryl methyl sites for hydroxylation is 1. The van der Waals surface area contributed by atoms with Crippen LogP contribution >= 0.6 is 11.6 Å². The van der Waals surface area contributed by atoms with E-state index in [1.807, 2.05) is 61.5 Å². The molecule has 0 atom stereocenters. The Bertz CT molecular complexity index is 1400. The van der Waals surface area contributed by atoms with E-state index in [-0.39, 0.29) is 5.91 Å². The third-order valence-electron chi connectivity index (χ3n) is 5.14. The highest BCUT2D eigenvalue weighted by molar-refractivity contribution is 6.30. The van der Waals surface area contributed by atoms with E-state index in [2.05, 4.69) is 20.5 Å². The first kappa shape index (κ1) is 20.0. The van der Waals surface area contributed by atoms with Gasteiger partial charge in [-0.2, -0.15) is 10.2 Å². The maximum atomic E-state index is 12.9. The summed E-state index contributed by atoms with van der Waals surface area (Å²) in [5, 5.41) is 12.3. The Kier molecular flexibility index (Phi) is 5.17. The summed E-state index contributed by atoms with van der Waals surface area (Å²) in [7, 11) is 0. The highest BCUT2D eigenvalue weighted by atomic mass is 35.5. The van der Waals surface area contributed by atoms with Crippen molar-refractivity contribution in [1.29, 1.82) is 0 Å². The van der Waals surface area contributed by atoms with E-state index in [0.29, 0.717) is 28.5 Å². The first-order valence-electron chi connectivity index (χ1n) is 10.0. The monoisotopic (exact) mass is 442 g/mol. The van der Waals surface area contributed by atoms with Crippen molar-refractivity contribution in [3.63, 3.8) is 0 Å². The second-order valence-electron chi connectivity index (χ2n) is 7.50. The van der Waals surface area contributed by atoms with Crippen LogP contribution in [-0.4, -0.2) is 30.3 Å². The number of halogens is 1. The summed E-state index contributed by atoms with van der Waals surface area (Å²) in [6, 6.07) is 17.6. The summed E-state index contributed by atoms with van der Waals surface area (Å²) >= 11 is 5.94. The summed E-state index contributed by atoms with van der Waals surface area (Å²) in [5.74, 6) is -0.292. The standard InChI is InChI=1S/C24H19ClN6O/c1-16-2-6-18(7-3-16)22-10-11-26-23-21(13-28-31(22)23)24(32)29-20-12-27-30(15-20)14-17-4-8-19(25)9-5-17/h2-13,15H,14H2,1H3,(H,29,32). The fraction of sp³-hybridized carbons (Fsp3) is 0.0833. The molecule has 0 saturated heterocycles. The first-order chi connectivity index (χ1) is 15.6. The molecule has 0 unspecified atom stereocenters. The van der Waals surface area contributed by atoms with Gasteiger partial charge in [0, 0.05) is 23.0 Å². The van der Waals surface area contributed by atoms with Gasteiger partial charge >= 0.3 is 0 Å². The van der Waals surface area contributed by atoms with E-state index in [9.17, 15) is 4.79 Å². The predicted octanol–water partition coefficient (Wildman–Crippen LogP) is 4.86. The van der Waals surface area contributed by atoms with Crippen LogP contribution in [0.2, 0.25) is 5.02 Å². The molecule has 7 nitrogen and oxygen atoms in total. The zero-order chi connectivity index (χ0) is 22.1. The maximum Gasteiger partial charge on any atom is 0.261 e. The Labute approximate surface area is 189 Å². The molecule has 0 radical (unpaired) electrons. The summed E-state index contributed by atoms with van der Waals surface area (Å²) in [5.41, 5.74) is 5.59. The van der Waals surface area contributed by atoms with E-state index >= 15 is 0 Å². The van der Waals surface area contributed by atoms with Crippen LogP contribution in [-0.2, 0) is 6.54 Å². The molecular weight excluding hydrogens is 424 g/mol. The molecule has 0 fully saturated rings. The molecule has 0 aliphatic heterocycles. The highest BCUT2D eigenvalue weighted by Gasteiger charge is 2.17. The molecule has 3 aromatic heterocycles. The zero-order valence-corrected chi connectivity index (χ0v) is 18.0. The lowest BCUT2D eigenvalue weighted by molar-refractivity contribution is 0.102. The van der Waals surface area contributed by atoms with Gasteiger partial charge in [-0.1, -0.05) is 53.6 Å². The van der Waals surface area contributed by atoms with Crippen LogP contribution in [0.15, 0.2) is 79.4 Å². The number of hydrogen-bond acceptors (Lipinski definition) is 4. The first-order valence-corrected chi connectivity index (χ1v) is 10.4. The van der Waals surface area contributed by atoms with Crippen molar-refractivity contribution in [2.75, 3.05) is 5.32 Å². The van der Waals surface area contributed by atoms with Crippen molar-refractivity contribution in [2.45, 2.75) is 13.5 Å². The summed E-state index contributed by atoms with van der Waals surface area (Å²) in [6.07, 6.45) is 6.62. The minimum Gasteiger partial charge on any atom is -0.319 e. The number of hydrogen-bond donors (Lipinski definition) is 1. The van der Waals surface area contributed by atoms with Crippen LogP contribution in [0.4, 0.5) is 5.69 Å². The molecule has 0 saturated carbocycles. The molecule has 5 rings (SSSR count). The van der Waals surface area contributed by atoms with Gasteiger partial charge < -0.3 is 5.32 Å². The largest absolute Gasteiger partial charge is 0.319 e. The van der Waals surface area contributed by atoms with Crippen molar-refractivity contribution in [3.05, 3.63) is 101 Å². The molecular formula is C24H19ClN6O. The summed E-state index contributed by atoms with van der Waals surface area (Å²) in [6.45, 7) is 2.62. The minimum atomic E-state index is -0.292. The second-order valence-corrected chi connectivity index (χ2v) is 7.93. The number of carbonyl (C=O) groups is 1. The van der Waals surface area contributed by atoms with Crippen LogP contribution in [0.25, 0.3) is 16.9 Å². The van der Waals surface area contributed by atoms with E-state index in [0.717, 1.165) is 16.8 Å². The van der Waals surface area contributed by atoms with Crippen molar-refractivity contribution >= 4 is 28.8 Å². The van der Waals surface area contributed by atoms with Gasteiger partial charge in [-0.15, -0.1) is 0 Å². The topological polar surface area (TPSA) is 77.1 Å². The Balaban J connectivity index is 1.36. The zero-order valence-electron chi connectivity index (χ0n) is 17.2. The lowest BCUT2D eigenvalue weighted by Crippen LogP contribution is -2.11. The average molecular weight is 443 g/mol. The lowest BCUT2D eigenvalue weighted by Gasteiger charge is -2.06. The Hall–Kier alpha value is -3.97. The van der Waals surface area contributed by atoms with Crippen LogP contribution < -0.4 is 5.32 Å².